The van der Waals surface area contributed by atoms with Crippen LogP contribution in [-0.2, 0) is 19.6 Å². The molecule has 2 aliphatic rings. The smallest absolute Gasteiger partial charge is 0.243 e. The minimum atomic E-state index is -3.54. The Morgan fingerprint density at radius 2 is 1.68 bits per heavy atom. The zero-order valence-corrected chi connectivity index (χ0v) is 20.6. The van der Waals surface area contributed by atoms with E-state index in [2.05, 4.69) is 5.32 Å². The normalized spacial score (nSPS) is 19.9. The van der Waals surface area contributed by atoms with Crippen LogP contribution in [0.3, 0.4) is 0 Å². The number of amides is 2. The molecule has 2 aromatic carbocycles. The van der Waals surface area contributed by atoms with Gasteiger partial charge in [-0.15, -0.1) is 0 Å². The van der Waals surface area contributed by atoms with E-state index >= 15 is 0 Å². The van der Waals surface area contributed by atoms with Crippen molar-refractivity contribution in [3.8, 4) is 5.75 Å². The van der Waals surface area contributed by atoms with E-state index in [4.69, 9.17) is 4.74 Å². The molecule has 0 bridgehead atoms. The molecule has 2 fully saturated rings. The fraction of sp³-hybridized carbons (Fsp3) is 0.440. The van der Waals surface area contributed by atoms with Gasteiger partial charge < -0.3 is 15.0 Å². The van der Waals surface area contributed by atoms with E-state index in [9.17, 15) is 18.0 Å². The van der Waals surface area contributed by atoms with Gasteiger partial charge in [-0.1, -0.05) is 23.8 Å². The first kappa shape index (κ1) is 24.2. The number of benzene rings is 2. The topological polar surface area (TPSA) is 96.0 Å². The number of methoxy groups -OCH3 is 1. The lowest BCUT2D eigenvalue weighted by Crippen LogP contribution is -2.48. The first-order valence-corrected chi connectivity index (χ1v) is 12.9. The lowest BCUT2D eigenvalue weighted by Gasteiger charge is -2.32. The summed E-state index contributed by atoms with van der Waals surface area (Å²) in [7, 11) is -1.98. The van der Waals surface area contributed by atoms with Gasteiger partial charge in [0, 0.05) is 32.1 Å². The summed E-state index contributed by atoms with van der Waals surface area (Å²) in [6, 6.07) is 12.4. The Bertz CT molecular complexity index is 1170. The van der Waals surface area contributed by atoms with Crippen LogP contribution < -0.4 is 15.0 Å². The van der Waals surface area contributed by atoms with Crippen LogP contribution in [0.5, 0.6) is 5.75 Å². The number of nitrogens with one attached hydrogen (secondary N) is 1. The predicted molar refractivity (Wildman–Crippen MR) is 129 cm³/mol. The third kappa shape index (κ3) is 4.95. The van der Waals surface area contributed by atoms with E-state index in [0.29, 0.717) is 43.9 Å². The summed E-state index contributed by atoms with van der Waals surface area (Å²) in [5.74, 6) is -0.125. The average molecular weight is 486 g/mol. The van der Waals surface area contributed by atoms with E-state index in [1.807, 2.05) is 32.0 Å². The van der Waals surface area contributed by atoms with Gasteiger partial charge in [0.25, 0.3) is 0 Å². The van der Waals surface area contributed by atoms with Crippen LogP contribution in [0.2, 0.25) is 0 Å². The second-order valence-electron chi connectivity index (χ2n) is 9.08. The van der Waals surface area contributed by atoms with E-state index in [0.717, 1.165) is 11.1 Å². The second-order valence-corrected chi connectivity index (χ2v) is 11.0. The van der Waals surface area contributed by atoms with Gasteiger partial charge in [0.1, 0.15) is 5.75 Å². The highest BCUT2D eigenvalue weighted by Crippen LogP contribution is 2.34. The van der Waals surface area contributed by atoms with Crippen molar-refractivity contribution in [2.45, 2.75) is 44.0 Å². The Morgan fingerprint density at radius 1 is 1.03 bits per heavy atom. The fourth-order valence-electron chi connectivity index (χ4n) is 4.55. The highest BCUT2D eigenvalue weighted by Gasteiger charge is 2.38. The Kier molecular flexibility index (Phi) is 6.95. The Morgan fingerprint density at radius 3 is 2.32 bits per heavy atom. The number of ether oxygens (including phenoxy) is 1. The number of hydrogen-bond donors (Lipinski definition) is 1. The van der Waals surface area contributed by atoms with Crippen molar-refractivity contribution in [1.82, 2.24) is 9.62 Å². The number of sulfonamides is 1. The van der Waals surface area contributed by atoms with Gasteiger partial charge in [-0.25, -0.2) is 8.42 Å². The second kappa shape index (κ2) is 9.76. The summed E-state index contributed by atoms with van der Waals surface area (Å²) in [4.78, 5) is 27.5. The molecule has 2 aromatic rings. The molecule has 2 amide bonds. The Balaban J connectivity index is 1.34. The minimum Gasteiger partial charge on any atom is -0.495 e. The van der Waals surface area contributed by atoms with Crippen LogP contribution in [0.15, 0.2) is 47.4 Å². The number of carbonyl (C=O) groups excluding carboxylic acids is 2. The van der Waals surface area contributed by atoms with Gasteiger partial charge in [-0.2, -0.15) is 4.31 Å². The number of carbonyl (C=O) groups is 2. The lowest BCUT2D eigenvalue weighted by atomic mass is 10.0. The van der Waals surface area contributed by atoms with Crippen LogP contribution in [0, 0.1) is 19.8 Å². The van der Waals surface area contributed by atoms with Crippen molar-refractivity contribution < 1.29 is 22.7 Å². The maximum atomic E-state index is 12.9. The number of nitrogens with zero attached hydrogens (tertiary/aromatic N) is 2. The SMILES string of the molecule is COc1ccc(C)cc1N1CC(C(=O)NC2CCN(S(=O)(=O)c3ccc(C)cc3)CC2)CC1=O. The monoisotopic (exact) mass is 485 g/mol. The Labute approximate surface area is 200 Å². The van der Waals surface area contributed by atoms with E-state index in [1.54, 1.807) is 36.3 Å². The largest absolute Gasteiger partial charge is 0.495 e. The van der Waals surface area contributed by atoms with Crippen LogP contribution in [0.1, 0.15) is 30.4 Å². The highest BCUT2D eigenvalue weighted by atomic mass is 32.2. The molecule has 0 radical (unpaired) electrons. The van der Waals surface area contributed by atoms with Gasteiger partial charge >= 0.3 is 0 Å². The highest BCUT2D eigenvalue weighted by molar-refractivity contribution is 7.89. The molecule has 0 spiro atoms. The molecule has 0 aliphatic carbocycles. The summed E-state index contributed by atoms with van der Waals surface area (Å²) in [6.07, 6.45) is 1.21. The maximum Gasteiger partial charge on any atom is 0.243 e. The average Bonchev–Trinajstić information content (AvgIpc) is 3.21. The molecule has 4 rings (SSSR count). The molecule has 34 heavy (non-hydrogen) atoms. The molecule has 0 aromatic heterocycles. The summed E-state index contributed by atoms with van der Waals surface area (Å²) in [5.41, 5.74) is 2.69. The van der Waals surface area contributed by atoms with E-state index in [-0.39, 0.29) is 29.2 Å². The summed E-state index contributed by atoms with van der Waals surface area (Å²) < 4.78 is 32.7. The van der Waals surface area contributed by atoms with Crippen LogP contribution in [0.4, 0.5) is 5.69 Å². The minimum absolute atomic E-state index is 0.108. The molecular weight excluding hydrogens is 454 g/mol. The van der Waals surface area contributed by atoms with Gasteiger partial charge in [0.05, 0.1) is 23.6 Å². The summed E-state index contributed by atoms with van der Waals surface area (Å²) >= 11 is 0. The molecule has 1 atom stereocenters. The molecule has 9 heteroatoms. The first-order chi connectivity index (χ1) is 16.2. The van der Waals surface area contributed by atoms with Crippen molar-refractivity contribution in [2.24, 2.45) is 5.92 Å². The van der Waals surface area contributed by atoms with Crippen molar-refractivity contribution in [3.63, 3.8) is 0 Å². The standard InChI is InChI=1S/C25H31N3O5S/c1-17-4-7-21(8-5-17)34(31,32)27-12-10-20(11-13-27)26-25(30)19-15-24(29)28(16-19)22-14-18(2)6-9-23(22)33-3/h4-9,14,19-20H,10-13,15-16H2,1-3H3,(H,26,30). The molecule has 8 nitrogen and oxygen atoms in total. The third-order valence-corrected chi connectivity index (χ3v) is 8.49. The summed E-state index contributed by atoms with van der Waals surface area (Å²) in [6.45, 7) is 4.85. The quantitative estimate of drug-likeness (QED) is 0.679. The van der Waals surface area contributed by atoms with Gasteiger partial charge in [0.15, 0.2) is 0 Å². The Hall–Kier alpha value is -2.91. The van der Waals surface area contributed by atoms with Crippen molar-refractivity contribution in [2.75, 3.05) is 31.6 Å². The van der Waals surface area contributed by atoms with Crippen LogP contribution >= 0.6 is 0 Å². The van der Waals surface area contributed by atoms with Crippen LogP contribution in [0.25, 0.3) is 0 Å². The van der Waals surface area contributed by atoms with Crippen LogP contribution in [-0.4, -0.2) is 57.3 Å². The fourth-order valence-corrected chi connectivity index (χ4v) is 6.02. The number of anilines is 1. The van der Waals surface area contributed by atoms with Crippen molar-refractivity contribution in [1.29, 1.82) is 0 Å². The predicted octanol–water partition coefficient (Wildman–Crippen LogP) is 2.63. The molecule has 1 N–H and O–H groups in total. The molecule has 2 heterocycles. The van der Waals surface area contributed by atoms with Crippen molar-refractivity contribution in [3.05, 3.63) is 53.6 Å². The molecule has 2 saturated heterocycles. The lowest BCUT2D eigenvalue weighted by molar-refractivity contribution is -0.127. The molecular formula is C25H31N3O5S. The number of aryl methyl sites for hydroxylation is 2. The number of hydrogen-bond acceptors (Lipinski definition) is 5. The number of piperidine rings is 1. The van der Waals surface area contributed by atoms with E-state index < -0.39 is 15.9 Å². The zero-order chi connectivity index (χ0) is 24.5. The first-order valence-electron chi connectivity index (χ1n) is 11.5. The molecule has 0 saturated carbocycles. The van der Waals surface area contributed by atoms with Gasteiger partial charge in [-0.05, 0) is 56.5 Å². The summed E-state index contributed by atoms with van der Waals surface area (Å²) in [5, 5.41) is 3.04. The maximum absolute atomic E-state index is 12.9. The molecule has 2 aliphatic heterocycles. The third-order valence-electron chi connectivity index (χ3n) is 6.58. The number of rotatable bonds is 6. The zero-order valence-electron chi connectivity index (χ0n) is 19.8. The van der Waals surface area contributed by atoms with Crippen molar-refractivity contribution >= 4 is 27.5 Å². The molecule has 1 unspecified atom stereocenters. The molecule has 182 valence electrons. The van der Waals surface area contributed by atoms with Gasteiger partial charge in [0.2, 0.25) is 21.8 Å². The van der Waals surface area contributed by atoms with E-state index in [1.165, 1.54) is 4.31 Å². The van der Waals surface area contributed by atoms with Gasteiger partial charge in [-0.3, -0.25) is 9.59 Å².